The summed E-state index contributed by atoms with van der Waals surface area (Å²) >= 11 is 0. The summed E-state index contributed by atoms with van der Waals surface area (Å²) in [4.78, 5) is 0. The average molecular weight is 239 g/mol. The lowest BCUT2D eigenvalue weighted by molar-refractivity contribution is 0.207. The van der Waals surface area contributed by atoms with Gasteiger partial charge in [0.2, 0.25) is 0 Å². The summed E-state index contributed by atoms with van der Waals surface area (Å²) in [6.45, 7) is 12.9. The molecule has 0 saturated heterocycles. The summed E-state index contributed by atoms with van der Waals surface area (Å²) in [7, 11) is 0. The van der Waals surface area contributed by atoms with E-state index in [-0.39, 0.29) is 0 Å². The van der Waals surface area contributed by atoms with Crippen LogP contribution in [0.4, 0.5) is 0 Å². The Kier molecular flexibility index (Phi) is 5.99. The molecule has 17 heavy (non-hydrogen) atoms. The van der Waals surface area contributed by atoms with Crippen molar-refractivity contribution in [1.29, 1.82) is 0 Å². The zero-order valence-electron chi connectivity index (χ0n) is 12.7. The highest BCUT2D eigenvalue weighted by Gasteiger charge is 2.26. The quantitative estimate of drug-likeness (QED) is 0.738. The van der Waals surface area contributed by atoms with Crippen molar-refractivity contribution >= 4 is 0 Å². The van der Waals surface area contributed by atoms with Crippen LogP contribution in [0.25, 0.3) is 0 Å². The molecule has 0 amide bonds. The van der Waals surface area contributed by atoms with Crippen molar-refractivity contribution < 1.29 is 0 Å². The SMILES string of the molecule is CCNC(CCC(C)(C)C)C1CCC(C)CC1. The molecule has 0 aromatic heterocycles. The van der Waals surface area contributed by atoms with E-state index in [4.69, 9.17) is 0 Å². The van der Waals surface area contributed by atoms with E-state index in [2.05, 4.69) is 39.9 Å². The Labute approximate surface area is 109 Å². The molecule has 1 aliphatic rings. The predicted molar refractivity (Wildman–Crippen MR) is 77.3 cm³/mol. The Balaban J connectivity index is 2.41. The average Bonchev–Trinajstić information content (AvgIpc) is 2.24. The second-order valence-electron chi connectivity index (χ2n) is 7.28. The first kappa shape index (κ1) is 15.0. The van der Waals surface area contributed by atoms with Gasteiger partial charge in [0.1, 0.15) is 0 Å². The van der Waals surface area contributed by atoms with E-state index in [0.29, 0.717) is 5.41 Å². The topological polar surface area (TPSA) is 12.0 Å². The van der Waals surface area contributed by atoms with Crippen molar-refractivity contribution in [3.63, 3.8) is 0 Å². The van der Waals surface area contributed by atoms with Gasteiger partial charge in [0.05, 0.1) is 0 Å². The third kappa shape index (κ3) is 5.90. The number of hydrogen-bond donors (Lipinski definition) is 1. The van der Waals surface area contributed by atoms with E-state index in [1.165, 1.54) is 38.5 Å². The molecule has 1 rings (SSSR count). The molecule has 0 aliphatic heterocycles. The zero-order chi connectivity index (χ0) is 12.9. The van der Waals surface area contributed by atoms with E-state index in [1.807, 2.05) is 0 Å². The Morgan fingerprint density at radius 2 is 1.71 bits per heavy atom. The highest BCUT2D eigenvalue weighted by atomic mass is 14.9. The zero-order valence-corrected chi connectivity index (χ0v) is 12.7. The maximum Gasteiger partial charge on any atom is 0.00954 e. The van der Waals surface area contributed by atoms with Crippen molar-refractivity contribution in [1.82, 2.24) is 5.32 Å². The molecular formula is C16H33N. The van der Waals surface area contributed by atoms with Crippen LogP contribution in [-0.4, -0.2) is 12.6 Å². The number of rotatable bonds is 5. The van der Waals surface area contributed by atoms with E-state index in [0.717, 1.165) is 24.4 Å². The smallest absolute Gasteiger partial charge is 0.00954 e. The van der Waals surface area contributed by atoms with Crippen LogP contribution in [0.1, 0.15) is 73.1 Å². The van der Waals surface area contributed by atoms with Crippen LogP contribution in [0.2, 0.25) is 0 Å². The number of hydrogen-bond acceptors (Lipinski definition) is 1. The molecule has 1 heteroatoms. The molecule has 0 heterocycles. The normalized spacial score (nSPS) is 28.1. The van der Waals surface area contributed by atoms with E-state index < -0.39 is 0 Å². The van der Waals surface area contributed by atoms with Crippen LogP contribution in [0.5, 0.6) is 0 Å². The first-order chi connectivity index (χ1) is 7.92. The van der Waals surface area contributed by atoms with Crippen LogP contribution in [0.15, 0.2) is 0 Å². The van der Waals surface area contributed by atoms with Gasteiger partial charge in [-0.25, -0.2) is 0 Å². The maximum absolute atomic E-state index is 3.74. The summed E-state index contributed by atoms with van der Waals surface area (Å²) in [6.07, 6.45) is 8.49. The summed E-state index contributed by atoms with van der Waals surface area (Å²) in [5.41, 5.74) is 0.482. The van der Waals surface area contributed by atoms with Crippen LogP contribution in [0.3, 0.4) is 0 Å². The lowest BCUT2D eigenvalue weighted by Gasteiger charge is -2.34. The Hall–Kier alpha value is -0.0400. The van der Waals surface area contributed by atoms with Crippen LogP contribution in [0, 0.1) is 17.3 Å². The summed E-state index contributed by atoms with van der Waals surface area (Å²) < 4.78 is 0. The van der Waals surface area contributed by atoms with Gasteiger partial charge in [-0.1, -0.05) is 47.5 Å². The predicted octanol–water partition coefficient (Wildman–Crippen LogP) is 4.62. The highest BCUT2D eigenvalue weighted by Crippen LogP contribution is 2.33. The molecule has 0 bridgehead atoms. The van der Waals surface area contributed by atoms with Crippen molar-refractivity contribution in [2.75, 3.05) is 6.54 Å². The third-order valence-electron chi connectivity index (χ3n) is 4.30. The summed E-state index contributed by atoms with van der Waals surface area (Å²) in [5, 5.41) is 3.74. The first-order valence-corrected chi connectivity index (χ1v) is 7.65. The van der Waals surface area contributed by atoms with Crippen molar-refractivity contribution in [3.8, 4) is 0 Å². The molecule has 102 valence electrons. The molecular weight excluding hydrogens is 206 g/mol. The maximum atomic E-state index is 3.74. The molecule has 1 saturated carbocycles. The van der Waals surface area contributed by atoms with E-state index in [9.17, 15) is 0 Å². The standard InChI is InChI=1S/C16H33N/c1-6-17-15(11-12-16(3,4)5)14-9-7-13(2)8-10-14/h13-15,17H,6-12H2,1-5H3. The minimum atomic E-state index is 0.482. The van der Waals surface area contributed by atoms with Gasteiger partial charge in [-0.05, 0) is 49.5 Å². The summed E-state index contributed by atoms with van der Waals surface area (Å²) in [6, 6.07) is 0.770. The van der Waals surface area contributed by atoms with Gasteiger partial charge in [0, 0.05) is 6.04 Å². The van der Waals surface area contributed by atoms with Gasteiger partial charge in [0.25, 0.3) is 0 Å². The lowest BCUT2D eigenvalue weighted by Crippen LogP contribution is -2.38. The number of nitrogens with one attached hydrogen (secondary N) is 1. The van der Waals surface area contributed by atoms with Gasteiger partial charge in [-0.3, -0.25) is 0 Å². The molecule has 0 aromatic carbocycles. The molecule has 0 aromatic rings. The van der Waals surface area contributed by atoms with Crippen molar-refractivity contribution in [2.45, 2.75) is 79.2 Å². The van der Waals surface area contributed by atoms with Gasteiger partial charge >= 0.3 is 0 Å². The Morgan fingerprint density at radius 3 is 2.18 bits per heavy atom. The first-order valence-electron chi connectivity index (χ1n) is 7.65. The molecule has 1 unspecified atom stereocenters. The van der Waals surface area contributed by atoms with Gasteiger partial charge in [-0.15, -0.1) is 0 Å². The molecule has 1 fully saturated rings. The van der Waals surface area contributed by atoms with Crippen molar-refractivity contribution in [3.05, 3.63) is 0 Å². The van der Waals surface area contributed by atoms with Crippen molar-refractivity contribution in [2.24, 2.45) is 17.3 Å². The monoisotopic (exact) mass is 239 g/mol. The molecule has 1 atom stereocenters. The molecule has 0 spiro atoms. The molecule has 1 N–H and O–H groups in total. The Bertz CT molecular complexity index is 196. The van der Waals surface area contributed by atoms with Gasteiger partial charge in [0.15, 0.2) is 0 Å². The van der Waals surface area contributed by atoms with Crippen LogP contribution in [-0.2, 0) is 0 Å². The molecule has 1 aliphatic carbocycles. The van der Waals surface area contributed by atoms with E-state index in [1.54, 1.807) is 0 Å². The Morgan fingerprint density at radius 1 is 1.12 bits per heavy atom. The highest BCUT2D eigenvalue weighted by molar-refractivity contribution is 4.82. The molecule has 0 radical (unpaired) electrons. The lowest BCUT2D eigenvalue weighted by atomic mass is 9.76. The van der Waals surface area contributed by atoms with Crippen LogP contribution >= 0.6 is 0 Å². The summed E-state index contributed by atoms with van der Waals surface area (Å²) in [5.74, 6) is 1.91. The minimum Gasteiger partial charge on any atom is -0.314 e. The minimum absolute atomic E-state index is 0.482. The largest absolute Gasteiger partial charge is 0.314 e. The molecule has 1 nitrogen and oxygen atoms in total. The van der Waals surface area contributed by atoms with Gasteiger partial charge in [-0.2, -0.15) is 0 Å². The third-order valence-corrected chi connectivity index (χ3v) is 4.30. The fourth-order valence-electron chi connectivity index (χ4n) is 3.04. The van der Waals surface area contributed by atoms with Gasteiger partial charge < -0.3 is 5.32 Å². The van der Waals surface area contributed by atoms with E-state index >= 15 is 0 Å². The van der Waals surface area contributed by atoms with Crippen LogP contribution < -0.4 is 5.32 Å². The second-order valence-corrected chi connectivity index (χ2v) is 7.28. The second kappa shape index (κ2) is 6.78. The fourth-order valence-corrected chi connectivity index (χ4v) is 3.04. The fraction of sp³-hybridized carbons (Fsp3) is 1.00.